The van der Waals surface area contributed by atoms with Crippen LogP contribution < -0.4 is 10.6 Å². The van der Waals surface area contributed by atoms with E-state index < -0.39 is 29.6 Å². The number of fused-ring (bicyclic) bond motifs is 1. The molecule has 176 valence electrons. The molecule has 7 nitrogen and oxygen atoms in total. The summed E-state index contributed by atoms with van der Waals surface area (Å²) in [4.78, 5) is 39.6. The van der Waals surface area contributed by atoms with Gasteiger partial charge >= 0.3 is 0 Å². The van der Waals surface area contributed by atoms with Crippen LogP contribution in [0.4, 0.5) is 8.78 Å². The van der Waals surface area contributed by atoms with Crippen LogP contribution >= 0.6 is 0 Å². The van der Waals surface area contributed by atoms with E-state index >= 15 is 0 Å². The van der Waals surface area contributed by atoms with Crippen LogP contribution in [0.15, 0.2) is 18.2 Å². The third-order valence-electron chi connectivity index (χ3n) is 7.60. The zero-order valence-corrected chi connectivity index (χ0v) is 18.7. The lowest BCUT2D eigenvalue weighted by Gasteiger charge is -2.31. The van der Waals surface area contributed by atoms with Gasteiger partial charge in [-0.1, -0.05) is 19.9 Å². The first-order valence-electron chi connectivity index (χ1n) is 11.3. The third kappa shape index (κ3) is 4.31. The predicted octanol–water partition coefficient (Wildman–Crippen LogP) is 1.91. The summed E-state index contributed by atoms with van der Waals surface area (Å²) >= 11 is 0. The Hall–Kier alpha value is -3.02. The number of benzene rings is 1. The summed E-state index contributed by atoms with van der Waals surface area (Å²) in [5.74, 6) is -2.48. The fourth-order valence-corrected chi connectivity index (χ4v) is 5.55. The molecule has 2 heterocycles. The molecular weight excluding hydrogens is 430 g/mol. The van der Waals surface area contributed by atoms with Crippen molar-refractivity contribution in [3.05, 3.63) is 35.4 Å². The maximum Gasteiger partial charge on any atom is 0.244 e. The largest absolute Gasteiger partial charge is 0.356 e. The van der Waals surface area contributed by atoms with Gasteiger partial charge in [0.2, 0.25) is 17.7 Å². The number of piperidine rings is 1. The standard InChI is InChI=1S/C24H28F2N4O3/c1-24(2)16-12-30(19(31)7-6-15-17(25)4-3-5-18(15)26)21(20(16)24)23(33)29-14(11-27)10-13-8-9-28-22(13)32/h3-5,13-14,16,20-21H,6-10,12H2,1-2H3,(H,28,32)(H,29,33)/t13?,14-,16?,20-,21-/m0/s1. The Kier molecular flexibility index (Phi) is 6.12. The van der Waals surface area contributed by atoms with Gasteiger partial charge in [0.25, 0.3) is 0 Å². The molecule has 2 aliphatic heterocycles. The number of nitriles is 1. The molecule has 2 saturated heterocycles. The van der Waals surface area contributed by atoms with E-state index in [2.05, 4.69) is 16.7 Å². The summed E-state index contributed by atoms with van der Waals surface area (Å²) in [7, 11) is 0. The van der Waals surface area contributed by atoms with Gasteiger partial charge in [-0.3, -0.25) is 14.4 Å². The molecule has 0 bridgehead atoms. The van der Waals surface area contributed by atoms with Gasteiger partial charge in [0.1, 0.15) is 23.7 Å². The molecule has 4 rings (SSSR count). The van der Waals surface area contributed by atoms with Crippen LogP contribution in [0.3, 0.4) is 0 Å². The molecule has 3 amide bonds. The minimum absolute atomic E-state index is 0.0410. The van der Waals surface area contributed by atoms with Crippen molar-refractivity contribution in [1.29, 1.82) is 5.26 Å². The molecule has 3 fully saturated rings. The topological polar surface area (TPSA) is 102 Å². The van der Waals surface area contributed by atoms with E-state index in [1.807, 2.05) is 13.8 Å². The monoisotopic (exact) mass is 458 g/mol. The molecule has 5 atom stereocenters. The van der Waals surface area contributed by atoms with Crippen molar-refractivity contribution in [3.8, 4) is 6.07 Å². The van der Waals surface area contributed by atoms with Gasteiger partial charge in [-0.25, -0.2) is 8.78 Å². The molecule has 2 unspecified atom stereocenters. The fourth-order valence-electron chi connectivity index (χ4n) is 5.55. The van der Waals surface area contributed by atoms with Gasteiger partial charge in [-0.2, -0.15) is 5.26 Å². The van der Waals surface area contributed by atoms with Crippen molar-refractivity contribution in [2.75, 3.05) is 13.1 Å². The summed E-state index contributed by atoms with van der Waals surface area (Å²) in [5.41, 5.74) is -0.250. The molecule has 0 radical (unpaired) electrons. The lowest BCUT2D eigenvalue weighted by molar-refractivity contribution is -0.140. The Bertz CT molecular complexity index is 1000. The highest BCUT2D eigenvalue weighted by molar-refractivity contribution is 5.90. The Morgan fingerprint density at radius 3 is 2.64 bits per heavy atom. The van der Waals surface area contributed by atoms with Crippen LogP contribution in [0.5, 0.6) is 0 Å². The van der Waals surface area contributed by atoms with Crippen molar-refractivity contribution in [1.82, 2.24) is 15.5 Å². The molecule has 2 N–H and O–H groups in total. The van der Waals surface area contributed by atoms with Crippen LogP contribution in [-0.4, -0.2) is 47.8 Å². The Labute approximate surface area is 191 Å². The Morgan fingerprint density at radius 2 is 2.03 bits per heavy atom. The van der Waals surface area contributed by atoms with Crippen LogP contribution in [0, 0.1) is 46.1 Å². The zero-order chi connectivity index (χ0) is 23.9. The average Bonchev–Trinajstić information content (AvgIpc) is 3.12. The minimum Gasteiger partial charge on any atom is -0.356 e. The van der Waals surface area contributed by atoms with Crippen molar-refractivity contribution < 1.29 is 23.2 Å². The molecule has 1 aromatic carbocycles. The fraction of sp³-hybridized carbons (Fsp3) is 0.583. The number of likely N-dealkylation sites (tertiary alicyclic amines) is 1. The number of rotatable bonds is 7. The van der Waals surface area contributed by atoms with Crippen molar-refractivity contribution in [2.24, 2.45) is 23.2 Å². The molecule has 3 aliphatic rings. The highest BCUT2D eigenvalue weighted by Gasteiger charge is 2.69. The Morgan fingerprint density at radius 1 is 1.33 bits per heavy atom. The number of halogens is 2. The second-order valence-electron chi connectivity index (χ2n) is 9.85. The van der Waals surface area contributed by atoms with Crippen molar-refractivity contribution >= 4 is 17.7 Å². The van der Waals surface area contributed by atoms with E-state index in [1.54, 1.807) is 0 Å². The quantitative estimate of drug-likeness (QED) is 0.652. The van der Waals surface area contributed by atoms with Crippen molar-refractivity contribution in [3.63, 3.8) is 0 Å². The first-order valence-corrected chi connectivity index (χ1v) is 11.3. The predicted molar refractivity (Wildman–Crippen MR) is 114 cm³/mol. The normalized spacial score (nSPS) is 28.0. The van der Waals surface area contributed by atoms with Gasteiger partial charge in [-0.15, -0.1) is 0 Å². The lowest BCUT2D eigenvalue weighted by Crippen LogP contribution is -2.52. The number of hydrogen-bond acceptors (Lipinski definition) is 4. The second kappa shape index (κ2) is 8.73. The molecular formula is C24H28F2N4O3. The molecule has 1 aromatic rings. The first-order chi connectivity index (χ1) is 15.6. The highest BCUT2D eigenvalue weighted by atomic mass is 19.1. The summed E-state index contributed by atoms with van der Waals surface area (Å²) in [6, 6.07) is 4.06. The maximum absolute atomic E-state index is 13.9. The Balaban J connectivity index is 1.43. The van der Waals surface area contributed by atoms with E-state index in [0.29, 0.717) is 19.5 Å². The lowest BCUT2D eigenvalue weighted by atomic mass is 9.97. The van der Waals surface area contributed by atoms with E-state index in [0.717, 1.165) is 12.1 Å². The van der Waals surface area contributed by atoms with Gasteiger partial charge < -0.3 is 15.5 Å². The summed E-state index contributed by atoms with van der Waals surface area (Å²) in [5, 5.41) is 15.0. The SMILES string of the molecule is CC1(C)C2CN(C(=O)CCc3c(F)cccc3F)[C@H](C(=O)N[C@H](C#N)CC3CCNC3=O)[C@H]21. The number of nitrogens with zero attached hydrogens (tertiary/aromatic N) is 2. The maximum atomic E-state index is 13.9. The summed E-state index contributed by atoms with van der Waals surface area (Å²) in [6.45, 7) is 5.05. The van der Waals surface area contributed by atoms with Crippen LogP contribution in [0.25, 0.3) is 0 Å². The molecule has 0 aromatic heterocycles. The second-order valence-corrected chi connectivity index (χ2v) is 9.85. The van der Waals surface area contributed by atoms with Gasteiger partial charge in [0.05, 0.1) is 6.07 Å². The third-order valence-corrected chi connectivity index (χ3v) is 7.60. The van der Waals surface area contributed by atoms with Crippen LogP contribution in [0.1, 0.15) is 38.7 Å². The minimum atomic E-state index is -0.836. The molecule has 1 saturated carbocycles. The number of hydrogen-bond donors (Lipinski definition) is 2. The van der Waals surface area contributed by atoms with Gasteiger partial charge in [0, 0.05) is 31.0 Å². The van der Waals surface area contributed by atoms with Gasteiger partial charge in [0.15, 0.2) is 0 Å². The zero-order valence-electron chi connectivity index (χ0n) is 18.7. The van der Waals surface area contributed by atoms with E-state index in [4.69, 9.17) is 0 Å². The molecule has 33 heavy (non-hydrogen) atoms. The smallest absolute Gasteiger partial charge is 0.244 e. The number of amides is 3. The van der Waals surface area contributed by atoms with Crippen molar-refractivity contribution in [2.45, 2.75) is 51.6 Å². The van der Waals surface area contributed by atoms with E-state index in [1.165, 1.54) is 11.0 Å². The summed E-state index contributed by atoms with van der Waals surface area (Å²) in [6.07, 6.45) is 0.619. The molecule has 0 spiro atoms. The van der Waals surface area contributed by atoms with E-state index in [-0.39, 0.29) is 59.8 Å². The molecule has 9 heteroatoms. The molecule has 1 aliphatic carbocycles. The van der Waals surface area contributed by atoms with Gasteiger partial charge in [-0.05, 0) is 48.6 Å². The number of carbonyl (C=O) groups excluding carboxylic acids is 3. The average molecular weight is 459 g/mol. The number of nitrogens with one attached hydrogen (secondary N) is 2. The number of carbonyl (C=O) groups is 3. The summed E-state index contributed by atoms with van der Waals surface area (Å²) < 4.78 is 27.9. The van der Waals surface area contributed by atoms with Crippen LogP contribution in [-0.2, 0) is 20.8 Å². The first kappa shape index (κ1) is 23.1. The highest BCUT2D eigenvalue weighted by Crippen LogP contribution is 2.64. The van der Waals surface area contributed by atoms with E-state index in [9.17, 15) is 28.4 Å². The van der Waals surface area contributed by atoms with Crippen LogP contribution in [0.2, 0.25) is 0 Å².